The van der Waals surface area contributed by atoms with Gasteiger partial charge in [-0.15, -0.1) is 49.3 Å². The molecule has 1 N–H and O–H groups in total. The van der Waals surface area contributed by atoms with Gasteiger partial charge in [0.2, 0.25) is 0 Å². The van der Waals surface area contributed by atoms with E-state index in [0.29, 0.717) is 105 Å². The van der Waals surface area contributed by atoms with Gasteiger partial charge in [0.1, 0.15) is 35.2 Å². The number of phenols is 1. The van der Waals surface area contributed by atoms with E-state index in [9.17, 15) is 38.3 Å². The van der Waals surface area contributed by atoms with E-state index >= 15 is 0 Å². The Bertz CT molecular complexity index is 4840. The Morgan fingerprint density at radius 1 is 0.479 bits per heavy atom. The van der Waals surface area contributed by atoms with Crippen molar-refractivity contribution in [2.45, 2.75) is 45.1 Å². The summed E-state index contributed by atoms with van der Waals surface area (Å²) in [5, 5.41) is 35.0. The Hall–Kier alpha value is -10.4. The molecule has 0 atom stereocenters. The number of Topliss-reactive ketones (excluding diaryl/α,β-unsaturated/α-hetero) is 3. The summed E-state index contributed by atoms with van der Waals surface area (Å²) in [5.41, 5.74) is 5.07. The number of rotatable bonds is 21. The number of aryl methyl sites for hydroxylation is 3. The van der Waals surface area contributed by atoms with Crippen LogP contribution in [0.3, 0.4) is 0 Å². The molecule has 28 heteroatoms. The highest BCUT2D eigenvalue weighted by atomic mass is 35.5. The summed E-state index contributed by atoms with van der Waals surface area (Å²) >= 11 is 21.4. The standard InChI is InChI=1S/C26H20ClN5O3S.C20H14ClFN4O2S.C20H15ClN4O3S/c27-25-11-10-24(36-25)22(33)9-6-19-16-32(30-29-19)21-8-7-20(31-13-2-1-5-26(31)34)14-23(21)35-17-18-4-3-12-28-15-18;21-19-9-8-18(29-19)17(27)7-4-13-12-26(24-23-13)16-6-5-14(11-15(16)22)25-10-2-1-3-20(25)28;21-19-9-8-18(29-19)16(26)7-4-13-12-25(23-22-13)15-6-5-14(11-17(15)27)24-10-2-1-3-20(24)28/h1-5,7-8,10-16H,6,9,17H2;1-3,5-6,8-12H,4,7H2;1-3,5-6,8-12,27H,4,7H2. The van der Waals surface area contributed by atoms with Crippen molar-refractivity contribution in [2.75, 3.05) is 0 Å². The van der Waals surface area contributed by atoms with E-state index in [1.165, 1.54) is 93.5 Å². The van der Waals surface area contributed by atoms with E-state index in [2.05, 4.69) is 35.9 Å². The Morgan fingerprint density at radius 3 is 1.30 bits per heavy atom. The van der Waals surface area contributed by atoms with Gasteiger partial charge < -0.3 is 9.84 Å². The average Bonchev–Trinajstić information content (AvgIpc) is 1.41. The summed E-state index contributed by atoms with van der Waals surface area (Å²) in [5.74, 6) is -0.0808. The van der Waals surface area contributed by atoms with E-state index < -0.39 is 5.82 Å². The van der Waals surface area contributed by atoms with Crippen molar-refractivity contribution in [1.29, 1.82) is 0 Å². The van der Waals surface area contributed by atoms with Crippen molar-refractivity contribution in [1.82, 2.24) is 63.7 Å². The first-order chi connectivity index (χ1) is 45.6. The number of pyridine rings is 4. The van der Waals surface area contributed by atoms with E-state index in [4.69, 9.17) is 39.5 Å². The number of halogens is 4. The first-order valence-electron chi connectivity index (χ1n) is 28.5. The van der Waals surface area contributed by atoms with E-state index in [0.717, 1.165) is 5.56 Å². The number of ether oxygens (including phenoxy) is 1. The van der Waals surface area contributed by atoms with Crippen LogP contribution in [-0.4, -0.2) is 86.1 Å². The molecule has 3 aromatic carbocycles. The van der Waals surface area contributed by atoms with Crippen molar-refractivity contribution >= 4 is 86.2 Å². The second-order valence-corrected chi connectivity index (χ2v) is 25.5. The van der Waals surface area contributed by atoms with E-state index in [1.54, 1.807) is 151 Å². The lowest BCUT2D eigenvalue weighted by atomic mass is 10.1. The predicted molar refractivity (Wildman–Crippen MR) is 357 cm³/mol. The molecule has 0 unspecified atom stereocenters. The van der Waals surface area contributed by atoms with Crippen LogP contribution in [0.25, 0.3) is 34.1 Å². The molecule has 0 amide bonds. The number of thiophene rings is 3. The van der Waals surface area contributed by atoms with Crippen LogP contribution in [0.1, 0.15) is 70.9 Å². The molecule has 21 nitrogen and oxygen atoms in total. The summed E-state index contributed by atoms with van der Waals surface area (Å²) in [7, 11) is 0. The van der Waals surface area contributed by atoms with Crippen LogP contribution in [0.15, 0.2) is 222 Å². The predicted octanol–water partition coefficient (Wildman–Crippen LogP) is 12.7. The number of aromatic nitrogens is 13. The fourth-order valence-corrected chi connectivity index (χ4v) is 12.3. The van der Waals surface area contributed by atoms with Crippen LogP contribution >= 0.6 is 68.8 Å². The molecule has 0 bridgehead atoms. The van der Waals surface area contributed by atoms with Gasteiger partial charge in [0.25, 0.3) is 16.7 Å². The Morgan fingerprint density at radius 2 is 0.894 bits per heavy atom. The zero-order valence-electron chi connectivity index (χ0n) is 48.9. The van der Waals surface area contributed by atoms with Gasteiger partial charge in [0, 0.05) is 111 Å². The minimum Gasteiger partial charge on any atom is -0.506 e. The molecule has 13 aromatic rings. The summed E-state index contributed by atoms with van der Waals surface area (Å²) in [4.78, 5) is 79.0. The number of benzene rings is 3. The summed E-state index contributed by atoms with van der Waals surface area (Å²) in [6.45, 7) is 0.285. The number of carbonyl (C=O) groups excluding carboxylic acids is 3. The van der Waals surface area contributed by atoms with Crippen LogP contribution in [0, 0.1) is 5.82 Å². The molecule has 0 radical (unpaired) electrons. The van der Waals surface area contributed by atoms with Crippen molar-refractivity contribution < 1.29 is 28.6 Å². The number of ketones is 3. The van der Waals surface area contributed by atoms with Crippen molar-refractivity contribution in [3.63, 3.8) is 0 Å². The maximum absolute atomic E-state index is 14.6. The smallest absolute Gasteiger partial charge is 0.255 e. The van der Waals surface area contributed by atoms with Crippen molar-refractivity contribution in [3.8, 4) is 45.6 Å². The molecule has 0 saturated carbocycles. The minimum atomic E-state index is -0.543. The molecule has 0 aliphatic carbocycles. The highest BCUT2D eigenvalue weighted by Gasteiger charge is 2.18. The third-order valence-electron chi connectivity index (χ3n) is 14.0. The van der Waals surface area contributed by atoms with Crippen molar-refractivity contribution in [3.05, 3.63) is 294 Å². The number of hydrogen-bond acceptors (Lipinski definition) is 18. The third-order valence-corrected chi connectivity index (χ3v) is 17.8. The van der Waals surface area contributed by atoms with E-state index in [1.807, 2.05) is 24.3 Å². The number of carbonyl (C=O) groups is 3. The molecule has 472 valence electrons. The quantitative estimate of drug-likeness (QED) is 0.0657. The SMILES string of the molecule is O=C(CCc1cn(-c2ccc(-n3ccccc3=O)cc2F)nn1)c1ccc(Cl)s1.O=C(CCc1cn(-c2ccc(-n3ccccc3=O)cc2O)nn1)c1ccc(Cl)s1.O=C(CCc1cn(-c2ccc(-n3ccccc3=O)cc2OCc2cccnc2)nn1)c1ccc(Cl)s1. The molecule has 0 aliphatic heterocycles. The topological polar surface area (TPSA) is 252 Å². The normalized spacial score (nSPS) is 10.9. The van der Waals surface area contributed by atoms with E-state index in [-0.39, 0.29) is 64.9 Å². The van der Waals surface area contributed by atoms with Gasteiger partial charge >= 0.3 is 0 Å². The van der Waals surface area contributed by atoms with Crippen LogP contribution in [0.2, 0.25) is 13.0 Å². The largest absolute Gasteiger partial charge is 0.506 e. The minimum absolute atomic E-state index is 0.00282. The fourth-order valence-electron chi connectivity index (χ4n) is 9.29. The van der Waals surface area contributed by atoms with Crippen LogP contribution < -0.4 is 21.4 Å². The highest BCUT2D eigenvalue weighted by molar-refractivity contribution is 7.18. The van der Waals surface area contributed by atoms with Gasteiger partial charge in [0.15, 0.2) is 23.2 Å². The zero-order valence-corrected chi connectivity index (χ0v) is 53.7. The molecule has 94 heavy (non-hydrogen) atoms. The lowest BCUT2D eigenvalue weighted by Gasteiger charge is -2.14. The molecular weight excluding hydrogens is 1320 g/mol. The molecule has 0 aliphatic rings. The molecule has 13 rings (SSSR count). The number of aromatic hydroxyl groups is 1. The summed E-state index contributed by atoms with van der Waals surface area (Å²) in [6.07, 6.45) is 15.5. The van der Waals surface area contributed by atoms with Gasteiger partial charge in [-0.3, -0.25) is 47.5 Å². The molecule has 0 fully saturated rings. The van der Waals surface area contributed by atoms with Crippen molar-refractivity contribution in [2.24, 2.45) is 0 Å². The first-order valence-corrected chi connectivity index (χ1v) is 32.1. The number of phenolic OH excluding ortho intramolecular Hbond substituents is 1. The average molecular weight is 1370 g/mol. The Kier molecular flexibility index (Phi) is 21.0. The lowest BCUT2D eigenvalue weighted by molar-refractivity contribution is 0.0978. The van der Waals surface area contributed by atoms with Gasteiger partial charge in [0.05, 0.1) is 80.4 Å². The summed E-state index contributed by atoms with van der Waals surface area (Å²) in [6, 6.07) is 43.3. The van der Waals surface area contributed by atoms with Gasteiger partial charge in [-0.2, -0.15) is 0 Å². The number of hydrogen-bond donors (Lipinski definition) is 1. The third kappa shape index (κ3) is 16.4. The highest BCUT2D eigenvalue weighted by Crippen LogP contribution is 2.30. The zero-order chi connectivity index (χ0) is 65.7. The molecule has 0 spiro atoms. The Labute approximate surface area is 560 Å². The molecule has 10 heterocycles. The van der Waals surface area contributed by atoms with Crippen LogP contribution in [0.4, 0.5) is 4.39 Å². The molecular formula is C66H49Cl3FN13O8S3. The number of nitrogens with zero attached hydrogens (tertiary/aromatic N) is 13. The lowest BCUT2D eigenvalue weighted by Crippen LogP contribution is -2.16. The molecule has 10 aromatic heterocycles. The first kappa shape index (κ1) is 65.1. The van der Waals surface area contributed by atoms with Gasteiger partial charge in [-0.05, 0) is 97.1 Å². The maximum atomic E-state index is 14.6. The monoisotopic (exact) mass is 1370 g/mol. The maximum Gasteiger partial charge on any atom is 0.255 e. The van der Waals surface area contributed by atoms with Crippen LogP contribution in [-0.2, 0) is 25.9 Å². The second kappa shape index (κ2) is 30.4. The van der Waals surface area contributed by atoms with Crippen LogP contribution in [0.5, 0.6) is 11.5 Å². The Balaban J connectivity index is 0.000000145. The fraction of sp³-hybridized carbons (Fsp3) is 0.106. The van der Waals surface area contributed by atoms with Gasteiger partial charge in [-0.1, -0.05) is 74.7 Å². The van der Waals surface area contributed by atoms with Gasteiger partial charge in [-0.25, -0.2) is 18.4 Å². The molecule has 0 saturated heterocycles. The second-order valence-electron chi connectivity index (χ2n) is 20.4. The summed E-state index contributed by atoms with van der Waals surface area (Å²) < 4.78 is 31.2.